The SMILES string of the molecule is Cc1ccc(C2CC(C(=O)NCc3ccc(F)cc3)C3C(NNC3c3ccccc3)N2)cc1. The van der Waals surface area contributed by atoms with Crippen LogP contribution >= 0.6 is 0 Å². The molecule has 2 heterocycles. The Labute approximate surface area is 193 Å². The number of carbonyl (C=O) groups is 1. The number of hydrogen-bond acceptors (Lipinski definition) is 4. The summed E-state index contributed by atoms with van der Waals surface area (Å²) in [5, 5.41) is 6.83. The number of fused-ring (bicyclic) bond motifs is 1. The van der Waals surface area contributed by atoms with Gasteiger partial charge in [0.2, 0.25) is 5.91 Å². The maximum absolute atomic E-state index is 13.5. The van der Waals surface area contributed by atoms with E-state index >= 15 is 0 Å². The van der Waals surface area contributed by atoms with Crippen LogP contribution in [0.1, 0.15) is 40.8 Å². The highest BCUT2D eigenvalue weighted by molar-refractivity contribution is 5.79. The molecule has 0 bridgehead atoms. The highest BCUT2D eigenvalue weighted by Gasteiger charge is 2.49. The zero-order valence-corrected chi connectivity index (χ0v) is 18.6. The Kier molecular flexibility index (Phi) is 6.22. The average molecular weight is 445 g/mol. The lowest BCUT2D eigenvalue weighted by Gasteiger charge is -2.40. The number of hydrogen-bond donors (Lipinski definition) is 4. The number of aryl methyl sites for hydroxylation is 1. The molecule has 5 unspecified atom stereocenters. The van der Waals surface area contributed by atoms with E-state index in [4.69, 9.17) is 0 Å². The molecule has 0 saturated carbocycles. The molecule has 4 N–H and O–H groups in total. The zero-order valence-electron chi connectivity index (χ0n) is 18.6. The fourth-order valence-electron chi connectivity index (χ4n) is 5.08. The second-order valence-corrected chi connectivity index (χ2v) is 9.05. The smallest absolute Gasteiger partial charge is 0.223 e. The molecule has 3 aromatic carbocycles. The molecule has 5 atom stereocenters. The molecule has 2 aliphatic rings. The first kappa shape index (κ1) is 21.8. The highest BCUT2D eigenvalue weighted by atomic mass is 19.1. The highest BCUT2D eigenvalue weighted by Crippen LogP contribution is 2.42. The fourth-order valence-corrected chi connectivity index (χ4v) is 5.08. The first-order valence-electron chi connectivity index (χ1n) is 11.5. The molecule has 5 nitrogen and oxygen atoms in total. The predicted octanol–water partition coefficient (Wildman–Crippen LogP) is 3.89. The summed E-state index contributed by atoms with van der Waals surface area (Å²) >= 11 is 0. The topological polar surface area (TPSA) is 65.2 Å². The van der Waals surface area contributed by atoms with E-state index in [2.05, 4.69) is 64.8 Å². The Bertz CT molecular complexity index is 1090. The predicted molar refractivity (Wildman–Crippen MR) is 126 cm³/mol. The second kappa shape index (κ2) is 9.43. The third kappa shape index (κ3) is 4.69. The van der Waals surface area contributed by atoms with Crippen LogP contribution in [0.2, 0.25) is 0 Å². The lowest BCUT2D eigenvalue weighted by molar-refractivity contribution is -0.129. The van der Waals surface area contributed by atoms with E-state index in [0.717, 1.165) is 11.1 Å². The molecule has 3 aromatic rings. The summed E-state index contributed by atoms with van der Waals surface area (Å²) in [7, 11) is 0. The molecule has 0 aromatic heterocycles. The summed E-state index contributed by atoms with van der Waals surface area (Å²) in [5.74, 6) is -0.404. The Balaban J connectivity index is 1.39. The van der Waals surface area contributed by atoms with Crippen molar-refractivity contribution in [1.29, 1.82) is 0 Å². The van der Waals surface area contributed by atoms with E-state index < -0.39 is 0 Å². The lowest BCUT2D eigenvalue weighted by atomic mass is 9.74. The van der Waals surface area contributed by atoms with Crippen molar-refractivity contribution >= 4 is 5.91 Å². The minimum atomic E-state index is -0.277. The molecule has 5 rings (SSSR count). The van der Waals surface area contributed by atoms with Crippen LogP contribution in [0.4, 0.5) is 4.39 Å². The monoisotopic (exact) mass is 444 g/mol. The maximum Gasteiger partial charge on any atom is 0.223 e. The van der Waals surface area contributed by atoms with Gasteiger partial charge in [0.15, 0.2) is 0 Å². The van der Waals surface area contributed by atoms with E-state index in [0.29, 0.717) is 13.0 Å². The molecule has 0 radical (unpaired) electrons. The molecule has 170 valence electrons. The van der Waals surface area contributed by atoms with Gasteiger partial charge < -0.3 is 5.32 Å². The fraction of sp³-hybridized carbons (Fsp3) is 0.296. The van der Waals surface area contributed by atoms with Crippen molar-refractivity contribution in [3.05, 3.63) is 107 Å². The van der Waals surface area contributed by atoms with E-state index in [1.54, 1.807) is 12.1 Å². The van der Waals surface area contributed by atoms with E-state index in [9.17, 15) is 9.18 Å². The number of nitrogens with one attached hydrogen (secondary N) is 4. The molecular weight excluding hydrogens is 415 g/mol. The molecule has 6 heteroatoms. The molecular formula is C27H29FN4O. The van der Waals surface area contributed by atoms with Crippen molar-refractivity contribution < 1.29 is 9.18 Å². The minimum Gasteiger partial charge on any atom is -0.352 e. The summed E-state index contributed by atoms with van der Waals surface area (Å²) in [6.07, 6.45) is 0.656. The van der Waals surface area contributed by atoms with E-state index in [-0.39, 0.29) is 41.8 Å². The molecule has 0 aliphatic carbocycles. The minimum absolute atomic E-state index is 0.0178. The van der Waals surface area contributed by atoms with Gasteiger partial charge in [0.25, 0.3) is 0 Å². The molecule has 0 spiro atoms. The van der Waals surface area contributed by atoms with Crippen LogP contribution in [0, 0.1) is 24.6 Å². The number of carbonyl (C=O) groups excluding carboxylic acids is 1. The normalized spacial score (nSPS) is 26.5. The third-order valence-electron chi connectivity index (χ3n) is 6.85. The van der Waals surface area contributed by atoms with Crippen LogP contribution < -0.4 is 21.5 Å². The number of benzene rings is 3. The maximum atomic E-state index is 13.5. The number of halogens is 1. The van der Waals surface area contributed by atoms with Gasteiger partial charge in [0.05, 0.1) is 12.2 Å². The van der Waals surface area contributed by atoms with Gasteiger partial charge in [0.1, 0.15) is 5.82 Å². The van der Waals surface area contributed by atoms with Crippen molar-refractivity contribution in [2.75, 3.05) is 0 Å². The molecule has 33 heavy (non-hydrogen) atoms. The number of amides is 1. The van der Waals surface area contributed by atoms with Gasteiger partial charge in [0, 0.05) is 24.4 Å². The summed E-state index contributed by atoms with van der Waals surface area (Å²) in [5.41, 5.74) is 11.3. The van der Waals surface area contributed by atoms with Gasteiger partial charge in [-0.25, -0.2) is 15.2 Å². The van der Waals surface area contributed by atoms with E-state index in [1.807, 2.05) is 18.2 Å². The van der Waals surface area contributed by atoms with Crippen LogP contribution in [-0.4, -0.2) is 12.1 Å². The first-order valence-corrected chi connectivity index (χ1v) is 11.5. The van der Waals surface area contributed by atoms with E-state index in [1.165, 1.54) is 23.3 Å². The van der Waals surface area contributed by atoms with Crippen LogP contribution in [0.3, 0.4) is 0 Å². The molecule has 1 amide bonds. The van der Waals surface area contributed by atoms with Crippen molar-refractivity contribution in [2.24, 2.45) is 11.8 Å². The van der Waals surface area contributed by atoms with Crippen molar-refractivity contribution in [1.82, 2.24) is 21.5 Å². The second-order valence-electron chi connectivity index (χ2n) is 9.05. The first-order chi connectivity index (χ1) is 16.1. The largest absolute Gasteiger partial charge is 0.352 e. The third-order valence-corrected chi connectivity index (χ3v) is 6.85. The number of piperidine rings is 1. The quantitative estimate of drug-likeness (QED) is 0.482. The molecule has 2 fully saturated rings. The van der Waals surface area contributed by atoms with Gasteiger partial charge in [-0.2, -0.15) is 0 Å². The molecule has 2 aliphatic heterocycles. The Hall–Kier alpha value is -3.06. The van der Waals surface area contributed by atoms with Gasteiger partial charge in [-0.1, -0.05) is 72.3 Å². The average Bonchev–Trinajstić information content (AvgIpc) is 3.28. The standard InChI is InChI=1S/C27H29FN4O/c1-17-7-11-19(12-8-17)23-15-22(27(33)29-16-18-9-13-21(28)14-10-18)24-25(31-32-26(24)30-23)20-5-3-2-4-6-20/h2-14,22-26,30-32H,15-16H2,1H3,(H,29,33). The van der Waals surface area contributed by atoms with Crippen LogP contribution in [0.25, 0.3) is 0 Å². The van der Waals surface area contributed by atoms with Gasteiger partial charge in [-0.3, -0.25) is 10.1 Å². The number of rotatable bonds is 5. The molecule has 2 saturated heterocycles. The zero-order chi connectivity index (χ0) is 22.8. The summed E-state index contributed by atoms with van der Waals surface area (Å²) in [4.78, 5) is 13.5. The van der Waals surface area contributed by atoms with Gasteiger partial charge in [-0.05, 0) is 42.2 Å². The van der Waals surface area contributed by atoms with Gasteiger partial charge >= 0.3 is 0 Å². The Morgan fingerprint density at radius 3 is 2.39 bits per heavy atom. The number of hydrazine groups is 1. The Morgan fingerprint density at radius 1 is 0.939 bits per heavy atom. The lowest BCUT2D eigenvalue weighted by Crippen LogP contribution is -2.54. The summed E-state index contributed by atoms with van der Waals surface area (Å²) in [6, 6.07) is 25.1. The van der Waals surface area contributed by atoms with Crippen molar-refractivity contribution in [3.8, 4) is 0 Å². The van der Waals surface area contributed by atoms with Crippen molar-refractivity contribution in [2.45, 2.75) is 38.1 Å². The van der Waals surface area contributed by atoms with Gasteiger partial charge in [-0.15, -0.1) is 0 Å². The van der Waals surface area contributed by atoms with Crippen LogP contribution in [0.15, 0.2) is 78.9 Å². The van der Waals surface area contributed by atoms with Crippen LogP contribution in [0.5, 0.6) is 0 Å². The van der Waals surface area contributed by atoms with Crippen molar-refractivity contribution in [3.63, 3.8) is 0 Å². The summed E-state index contributed by atoms with van der Waals surface area (Å²) < 4.78 is 13.2. The Morgan fingerprint density at radius 2 is 1.67 bits per heavy atom. The summed E-state index contributed by atoms with van der Waals surface area (Å²) in [6.45, 7) is 2.46. The van der Waals surface area contributed by atoms with Crippen LogP contribution in [-0.2, 0) is 11.3 Å².